The van der Waals surface area contributed by atoms with E-state index in [2.05, 4.69) is 27.0 Å². The van der Waals surface area contributed by atoms with E-state index >= 15 is 0 Å². The van der Waals surface area contributed by atoms with E-state index in [-0.39, 0.29) is 5.91 Å². The molecule has 0 spiro atoms. The Kier molecular flexibility index (Phi) is 5.77. The van der Waals surface area contributed by atoms with Gasteiger partial charge in [0.1, 0.15) is 0 Å². The molecule has 1 amide bonds. The van der Waals surface area contributed by atoms with Crippen molar-refractivity contribution in [2.24, 2.45) is 5.92 Å². The second-order valence-corrected chi connectivity index (χ2v) is 8.62. The van der Waals surface area contributed by atoms with Crippen molar-refractivity contribution >= 4 is 17.7 Å². The van der Waals surface area contributed by atoms with Crippen molar-refractivity contribution in [3.63, 3.8) is 0 Å². The summed E-state index contributed by atoms with van der Waals surface area (Å²) in [6, 6.07) is 12.6. The lowest BCUT2D eigenvalue weighted by Gasteiger charge is -2.44. The molecule has 0 bridgehead atoms. The fourth-order valence-electron chi connectivity index (χ4n) is 4.51. The fraction of sp³-hybridized carbons (Fsp3) is 0.500. The Morgan fingerprint density at radius 2 is 1.89 bits per heavy atom. The minimum atomic E-state index is 0.253. The van der Waals surface area contributed by atoms with Crippen LogP contribution in [-0.2, 0) is 4.79 Å². The number of aryl methyl sites for hydroxylation is 1. The molecule has 2 aromatic rings. The molecule has 4 rings (SSSR count). The highest BCUT2D eigenvalue weighted by atomic mass is 32.2. The van der Waals surface area contributed by atoms with E-state index in [0.29, 0.717) is 17.0 Å². The summed E-state index contributed by atoms with van der Waals surface area (Å²) in [5.41, 5.74) is 2.93. The molecule has 1 aromatic carbocycles. The van der Waals surface area contributed by atoms with Crippen molar-refractivity contribution in [2.45, 2.75) is 56.6 Å². The average Bonchev–Trinajstić information content (AvgIpc) is 2.72. The van der Waals surface area contributed by atoms with Crippen LogP contribution < -0.4 is 0 Å². The van der Waals surface area contributed by atoms with E-state index in [1.165, 1.54) is 43.9 Å². The Morgan fingerprint density at radius 3 is 2.74 bits per heavy atom. The number of piperidine rings is 1. The summed E-state index contributed by atoms with van der Waals surface area (Å²) < 4.78 is 0. The van der Waals surface area contributed by atoms with Crippen molar-refractivity contribution in [1.29, 1.82) is 0 Å². The molecule has 27 heavy (non-hydrogen) atoms. The number of fused-ring (bicyclic) bond motifs is 1. The summed E-state index contributed by atoms with van der Waals surface area (Å²) in [6.45, 7) is 2.90. The van der Waals surface area contributed by atoms with E-state index in [9.17, 15) is 4.79 Å². The highest BCUT2D eigenvalue weighted by molar-refractivity contribution is 7.99. The molecule has 0 N–H and O–H groups in total. The Bertz CT molecular complexity index is 793. The number of nitrogens with zero attached hydrogens (tertiary/aromatic N) is 3. The highest BCUT2D eigenvalue weighted by Crippen LogP contribution is 2.35. The van der Waals surface area contributed by atoms with Crippen molar-refractivity contribution in [3.05, 3.63) is 42.1 Å². The van der Waals surface area contributed by atoms with Gasteiger partial charge in [-0.05, 0) is 44.6 Å². The summed E-state index contributed by atoms with van der Waals surface area (Å²) in [5, 5.41) is 0.694. The number of aromatic nitrogens is 2. The van der Waals surface area contributed by atoms with Crippen LogP contribution in [0.3, 0.4) is 0 Å². The Hall–Kier alpha value is -1.88. The molecule has 1 saturated carbocycles. The molecule has 5 heteroatoms. The van der Waals surface area contributed by atoms with Crippen LogP contribution >= 0.6 is 11.8 Å². The third-order valence-corrected chi connectivity index (χ3v) is 6.62. The SMILES string of the molecule is Cc1cc(-c2ccccc2)nc(SCC(=O)N2CCCC3CCCCC32)n1. The summed E-state index contributed by atoms with van der Waals surface area (Å²) in [6.07, 6.45) is 7.51. The Balaban J connectivity index is 1.44. The predicted octanol–water partition coefficient (Wildman–Crippen LogP) is 4.73. The monoisotopic (exact) mass is 381 g/mol. The third-order valence-electron chi connectivity index (χ3n) is 5.79. The number of amides is 1. The van der Waals surface area contributed by atoms with Crippen molar-refractivity contribution in [2.75, 3.05) is 12.3 Å². The molecule has 2 heterocycles. The number of thioether (sulfide) groups is 1. The number of likely N-dealkylation sites (tertiary alicyclic amines) is 1. The molecule has 2 aliphatic rings. The molecule has 2 atom stereocenters. The van der Waals surface area contributed by atoms with Crippen LogP contribution in [0.4, 0.5) is 0 Å². The molecule has 2 unspecified atom stereocenters. The molecule has 1 saturated heterocycles. The maximum absolute atomic E-state index is 12.9. The van der Waals surface area contributed by atoms with Crippen LogP contribution in [0.5, 0.6) is 0 Å². The first-order valence-corrected chi connectivity index (χ1v) is 11.0. The molecule has 142 valence electrons. The Labute approximate surface area is 165 Å². The van der Waals surface area contributed by atoms with Crippen LogP contribution in [-0.4, -0.2) is 39.1 Å². The van der Waals surface area contributed by atoms with E-state index in [1.54, 1.807) is 0 Å². The highest BCUT2D eigenvalue weighted by Gasteiger charge is 2.35. The number of carbonyl (C=O) groups is 1. The molecule has 1 aliphatic heterocycles. The number of carbonyl (C=O) groups excluding carboxylic acids is 1. The molecule has 1 aromatic heterocycles. The smallest absolute Gasteiger partial charge is 0.233 e. The number of hydrogen-bond donors (Lipinski definition) is 0. The number of rotatable bonds is 4. The average molecular weight is 382 g/mol. The van der Waals surface area contributed by atoms with Gasteiger partial charge in [0.2, 0.25) is 5.91 Å². The minimum absolute atomic E-state index is 0.253. The first-order valence-electron chi connectivity index (χ1n) is 10.0. The van der Waals surface area contributed by atoms with Gasteiger partial charge in [0.15, 0.2) is 5.16 Å². The van der Waals surface area contributed by atoms with Gasteiger partial charge in [0.25, 0.3) is 0 Å². The van der Waals surface area contributed by atoms with Gasteiger partial charge in [0, 0.05) is 23.8 Å². The van der Waals surface area contributed by atoms with Gasteiger partial charge < -0.3 is 4.90 Å². The van der Waals surface area contributed by atoms with Crippen molar-refractivity contribution in [1.82, 2.24) is 14.9 Å². The molecule has 4 nitrogen and oxygen atoms in total. The maximum atomic E-state index is 12.9. The van der Waals surface area contributed by atoms with Gasteiger partial charge in [-0.15, -0.1) is 0 Å². The predicted molar refractivity (Wildman–Crippen MR) is 110 cm³/mol. The van der Waals surface area contributed by atoms with Gasteiger partial charge in [-0.2, -0.15) is 0 Å². The van der Waals surface area contributed by atoms with E-state index in [4.69, 9.17) is 0 Å². The first-order chi connectivity index (χ1) is 13.2. The third kappa shape index (κ3) is 4.34. The zero-order valence-electron chi connectivity index (χ0n) is 15.9. The zero-order chi connectivity index (χ0) is 18.6. The minimum Gasteiger partial charge on any atom is -0.339 e. The topological polar surface area (TPSA) is 46.1 Å². The quantitative estimate of drug-likeness (QED) is 0.568. The van der Waals surface area contributed by atoms with Crippen LogP contribution in [0.15, 0.2) is 41.6 Å². The van der Waals surface area contributed by atoms with Crippen LogP contribution in [0.25, 0.3) is 11.3 Å². The van der Waals surface area contributed by atoms with Gasteiger partial charge in [-0.25, -0.2) is 9.97 Å². The van der Waals surface area contributed by atoms with Crippen LogP contribution in [0.1, 0.15) is 44.2 Å². The fourth-order valence-corrected chi connectivity index (χ4v) is 5.30. The number of hydrogen-bond acceptors (Lipinski definition) is 4. The lowest BCUT2D eigenvalue weighted by Crippen LogP contribution is -2.50. The number of benzene rings is 1. The molecule has 2 fully saturated rings. The zero-order valence-corrected chi connectivity index (χ0v) is 16.8. The molecule has 0 radical (unpaired) electrons. The van der Waals surface area contributed by atoms with Gasteiger partial charge >= 0.3 is 0 Å². The Morgan fingerprint density at radius 1 is 1.11 bits per heavy atom. The first kappa shape index (κ1) is 18.5. The van der Waals surface area contributed by atoms with Crippen LogP contribution in [0, 0.1) is 12.8 Å². The van der Waals surface area contributed by atoms with E-state index < -0.39 is 0 Å². The lowest BCUT2D eigenvalue weighted by atomic mass is 9.78. The van der Waals surface area contributed by atoms with Gasteiger partial charge in [0.05, 0.1) is 11.4 Å². The summed E-state index contributed by atoms with van der Waals surface area (Å²) >= 11 is 1.47. The van der Waals surface area contributed by atoms with E-state index in [0.717, 1.165) is 35.8 Å². The summed E-state index contributed by atoms with van der Waals surface area (Å²) in [7, 11) is 0. The normalized spacial score (nSPS) is 22.3. The largest absolute Gasteiger partial charge is 0.339 e. The molecular formula is C22H27N3OS. The van der Waals surface area contributed by atoms with E-state index in [1.807, 2.05) is 31.2 Å². The maximum Gasteiger partial charge on any atom is 0.233 e. The molecular weight excluding hydrogens is 354 g/mol. The summed E-state index contributed by atoms with van der Waals surface area (Å²) in [4.78, 5) is 24.3. The standard InChI is InChI=1S/C22H27N3OS/c1-16-14-19(17-8-3-2-4-9-17)24-22(23-16)27-15-21(26)25-13-7-11-18-10-5-6-12-20(18)25/h2-4,8-9,14,18,20H,5-7,10-13,15H2,1H3. The van der Waals surface area contributed by atoms with Gasteiger partial charge in [-0.3, -0.25) is 4.79 Å². The second kappa shape index (κ2) is 8.42. The second-order valence-electron chi connectivity index (χ2n) is 7.67. The molecule has 1 aliphatic carbocycles. The summed E-state index contributed by atoms with van der Waals surface area (Å²) in [5.74, 6) is 1.41. The van der Waals surface area contributed by atoms with Crippen molar-refractivity contribution in [3.8, 4) is 11.3 Å². The van der Waals surface area contributed by atoms with Crippen LogP contribution in [0.2, 0.25) is 0 Å². The van der Waals surface area contributed by atoms with Crippen molar-refractivity contribution < 1.29 is 4.79 Å². The lowest BCUT2D eigenvalue weighted by molar-refractivity contribution is -0.134. The van der Waals surface area contributed by atoms with Gasteiger partial charge in [-0.1, -0.05) is 54.9 Å².